The first-order chi connectivity index (χ1) is 9.72. The van der Waals surface area contributed by atoms with Crippen LogP contribution in [0.2, 0.25) is 0 Å². The Balaban J connectivity index is 2.17. The van der Waals surface area contributed by atoms with Crippen molar-refractivity contribution in [1.29, 1.82) is 0 Å². The van der Waals surface area contributed by atoms with E-state index in [1.807, 2.05) is 13.1 Å². The molecule has 5 nitrogen and oxygen atoms in total. The predicted molar refractivity (Wildman–Crippen MR) is 89.8 cm³/mol. The SMILES string of the molecule is CNc1nc(N2CCCC2)nc2cc(I)c(OC)cc12. The standard InChI is InChI=1S/C14H17IN4O/c1-16-13-9-7-12(20-2)10(15)8-11(9)17-14(18-13)19-5-3-4-6-19/h7-8H,3-6H2,1-2H3,(H,16,17,18). The highest BCUT2D eigenvalue weighted by molar-refractivity contribution is 14.1. The Morgan fingerprint density at radius 2 is 2.00 bits per heavy atom. The number of methoxy groups -OCH3 is 1. The quantitative estimate of drug-likeness (QED) is 0.825. The molecule has 2 heterocycles. The summed E-state index contributed by atoms with van der Waals surface area (Å²) in [6.07, 6.45) is 2.44. The van der Waals surface area contributed by atoms with E-state index in [9.17, 15) is 0 Å². The van der Waals surface area contributed by atoms with Gasteiger partial charge in [0.15, 0.2) is 0 Å². The second-order valence-electron chi connectivity index (χ2n) is 4.82. The molecule has 3 rings (SSSR count). The van der Waals surface area contributed by atoms with Gasteiger partial charge >= 0.3 is 0 Å². The van der Waals surface area contributed by atoms with Gasteiger partial charge in [-0.3, -0.25) is 0 Å². The number of aromatic nitrogens is 2. The third-order valence-electron chi connectivity index (χ3n) is 3.58. The largest absolute Gasteiger partial charge is 0.496 e. The molecule has 1 fully saturated rings. The van der Waals surface area contributed by atoms with E-state index >= 15 is 0 Å². The molecule has 0 unspecified atom stereocenters. The van der Waals surface area contributed by atoms with Crippen LogP contribution >= 0.6 is 22.6 Å². The molecule has 0 spiro atoms. The molecular formula is C14H17IN4O. The van der Waals surface area contributed by atoms with E-state index in [2.05, 4.69) is 43.9 Å². The topological polar surface area (TPSA) is 50.3 Å². The average Bonchev–Trinajstić information content (AvgIpc) is 2.99. The fraction of sp³-hybridized carbons (Fsp3) is 0.429. The predicted octanol–water partition coefficient (Wildman–Crippen LogP) is 2.88. The maximum Gasteiger partial charge on any atom is 0.227 e. The summed E-state index contributed by atoms with van der Waals surface area (Å²) < 4.78 is 6.44. The Morgan fingerprint density at radius 1 is 1.25 bits per heavy atom. The highest BCUT2D eigenvalue weighted by Crippen LogP contribution is 2.31. The second-order valence-corrected chi connectivity index (χ2v) is 5.98. The summed E-state index contributed by atoms with van der Waals surface area (Å²) in [5.41, 5.74) is 0.955. The fourth-order valence-corrected chi connectivity index (χ4v) is 3.19. The smallest absolute Gasteiger partial charge is 0.227 e. The Bertz CT molecular complexity index is 641. The van der Waals surface area contributed by atoms with Gasteiger partial charge in [0.25, 0.3) is 0 Å². The molecule has 0 saturated carbocycles. The van der Waals surface area contributed by atoms with E-state index < -0.39 is 0 Å². The van der Waals surface area contributed by atoms with Crippen molar-refractivity contribution in [2.24, 2.45) is 0 Å². The monoisotopic (exact) mass is 384 g/mol. The van der Waals surface area contributed by atoms with Crippen molar-refractivity contribution in [3.8, 4) is 5.75 Å². The number of hydrogen-bond donors (Lipinski definition) is 1. The maximum atomic E-state index is 5.38. The molecule has 0 radical (unpaired) electrons. The summed E-state index contributed by atoms with van der Waals surface area (Å²) in [4.78, 5) is 11.6. The van der Waals surface area contributed by atoms with Crippen LogP contribution in [0.4, 0.5) is 11.8 Å². The number of ether oxygens (including phenoxy) is 1. The lowest BCUT2D eigenvalue weighted by Gasteiger charge is -2.17. The molecule has 6 heteroatoms. The van der Waals surface area contributed by atoms with Crippen molar-refractivity contribution in [3.05, 3.63) is 15.7 Å². The van der Waals surface area contributed by atoms with Gasteiger partial charge in [-0.15, -0.1) is 0 Å². The van der Waals surface area contributed by atoms with Crippen molar-refractivity contribution in [2.75, 3.05) is 37.5 Å². The molecule has 0 bridgehead atoms. The van der Waals surface area contributed by atoms with Crippen molar-refractivity contribution < 1.29 is 4.74 Å². The van der Waals surface area contributed by atoms with Crippen molar-refractivity contribution in [3.63, 3.8) is 0 Å². The summed E-state index contributed by atoms with van der Waals surface area (Å²) in [6.45, 7) is 2.09. The Hall–Kier alpha value is -1.31. The highest BCUT2D eigenvalue weighted by atomic mass is 127. The van der Waals surface area contributed by atoms with Gasteiger partial charge in [-0.05, 0) is 47.6 Å². The summed E-state index contributed by atoms with van der Waals surface area (Å²) in [5, 5.41) is 4.16. The van der Waals surface area contributed by atoms with Gasteiger partial charge < -0.3 is 15.0 Å². The molecule has 1 aromatic heterocycles. The lowest BCUT2D eigenvalue weighted by molar-refractivity contribution is 0.412. The third-order valence-corrected chi connectivity index (χ3v) is 4.43. The highest BCUT2D eigenvalue weighted by Gasteiger charge is 2.18. The molecule has 0 aliphatic carbocycles. The normalized spacial score (nSPS) is 14.8. The van der Waals surface area contributed by atoms with Crippen LogP contribution in [0.3, 0.4) is 0 Å². The molecule has 106 valence electrons. The van der Waals surface area contributed by atoms with Crippen LogP contribution in [0.1, 0.15) is 12.8 Å². The molecule has 1 aromatic carbocycles. The van der Waals surface area contributed by atoms with Gasteiger partial charge in [0.1, 0.15) is 11.6 Å². The minimum absolute atomic E-state index is 0.820. The molecule has 0 atom stereocenters. The minimum atomic E-state index is 0.820. The van der Waals surface area contributed by atoms with E-state index in [0.29, 0.717) is 0 Å². The molecule has 0 amide bonds. The first-order valence-electron chi connectivity index (χ1n) is 6.71. The van der Waals surface area contributed by atoms with Gasteiger partial charge in [-0.25, -0.2) is 4.98 Å². The molecule has 2 aromatic rings. The van der Waals surface area contributed by atoms with E-state index in [4.69, 9.17) is 9.72 Å². The van der Waals surface area contributed by atoms with Crippen molar-refractivity contribution >= 4 is 45.3 Å². The molecule has 1 aliphatic rings. The Kier molecular flexibility index (Phi) is 3.82. The van der Waals surface area contributed by atoms with Gasteiger partial charge in [0.05, 0.1) is 16.2 Å². The number of nitrogens with zero attached hydrogens (tertiary/aromatic N) is 3. The molecule has 1 saturated heterocycles. The third kappa shape index (κ3) is 2.36. The number of anilines is 2. The lowest BCUT2D eigenvalue weighted by atomic mass is 10.2. The van der Waals surface area contributed by atoms with E-state index in [-0.39, 0.29) is 0 Å². The lowest BCUT2D eigenvalue weighted by Crippen LogP contribution is -2.21. The first kappa shape index (κ1) is 13.7. The maximum absolute atomic E-state index is 5.38. The van der Waals surface area contributed by atoms with Gasteiger partial charge in [-0.1, -0.05) is 0 Å². The number of benzene rings is 1. The van der Waals surface area contributed by atoms with E-state index in [1.54, 1.807) is 7.11 Å². The zero-order valence-electron chi connectivity index (χ0n) is 11.6. The molecule has 1 N–H and O–H groups in total. The number of halogens is 1. The Morgan fingerprint density at radius 3 is 2.65 bits per heavy atom. The van der Waals surface area contributed by atoms with E-state index in [0.717, 1.165) is 45.1 Å². The summed E-state index contributed by atoms with van der Waals surface area (Å²) in [5.74, 6) is 2.53. The van der Waals surface area contributed by atoms with Crippen LogP contribution in [0.15, 0.2) is 12.1 Å². The van der Waals surface area contributed by atoms with Crippen molar-refractivity contribution in [1.82, 2.24) is 9.97 Å². The number of rotatable bonds is 3. The van der Waals surface area contributed by atoms with Crippen LogP contribution < -0.4 is 15.0 Å². The van der Waals surface area contributed by atoms with Crippen LogP contribution in [-0.2, 0) is 0 Å². The zero-order valence-corrected chi connectivity index (χ0v) is 13.8. The van der Waals surface area contributed by atoms with Crippen LogP contribution in [0, 0.1) is 3.57 Å². The minimum Gasteiger partial charge on any atom is -0.496 e. The van der Waals surface area contributed by atoms with Crippen LogP contribution in [0.5, 0.6) is 5.75 Å². The number of hydrogen-bond acceptors (Lipinski definition) is 5. The van der Waals surface area contributed by atoms with Crippen molar-refractivity contribution in [2.45, 2.75) is 12.8 Å². The van der Waals surface area contributed by atoms with E-state index in [1.165, 1.54) is 12.8 Å². The van der Waals surface area contributed by atoms with Gasteiger partial charge in [0, 0.05) is 25.5 Å². The van der Waals surface area contributed by atoms with Gasteiger partial charge in [-0.2, -0.15) is 4.98 Å². The molecular weight excluding hydrogens is 367 g/mol. The van der Waals surface area contributed by atoms with Gasteiger partial charge in [0.2, 0.25) is 5.95 Å². The molecule has 20 heavy (non-hydrogen) atoms. The van der Waals surface area contributed by atoms with Crippen LogP contribution in [-0.4, -0.2) is 37.2 Å². The Labute approximate surface area is 131 Å². The first-order valence-corrected chi connectivity index (χ1v) is 7.79. The zero-order chi connectivity index (χ0) is 14.1. The summed E-state index contributed by atoms with van der Waals surface area (Å²) in [6, 6.07) is 4.05. The van der Waals surface area contributed by atoms with Crippen LogP contribution in [0.25, 0.3) is 10.9 Å². The second kappa shape index (κ2) is 5.59. The molecule has 1 aliphatic heterocycles. The number of fused-ring (bicyclic) bond motifs is 1. The average molecular weight is 384 g/mol. The summed E-state index contributed by atoms with van der Waals surface area (Å²) >= 11 is 2.27. The fourth-order valence-electron chi connectivity index (χ4n) is 2.52. The summed E-state index contributed by atoms with van der Waals surface area (Å²) in [7, 11) is 3.57. The number of nitrogens with one attached hydrogen (secondary N) is 1.